The highest BCUT2D eigenvalue weighted by atomic mass is 16.3. The Bertz CT molecular complexity index is 200. The van der Waals surface area contributed by atoms with Gasteiger partial charge in [0.2, 0.25) is 0 Å². The molecule has 2 fully saturated rings. The van der Waals surface area contributed by atoms with Crippen LogP contribution in [0.3, 0.4) is 0 Å². The molecule has 4 unspecified atom stereocenters. The van der Waals surface area contributed by atoms with Crippen LogP contribution in [0.1, 0.15) is 32.6 Å². The first-order chi connectivity index (χ1) is 5.68. The molecule has 0 spiro atoms. The minimum absolute atomic E-state index is 0.135. The summed E-state index contributed by atoms with van der Waals surface area (Å²) in [5.41, 5.74) is 0. The van der Waals surface area contributed by atoms with Crippen molar-refractivity contribution in [1.82, 2.24) is 0 Å². The van der Waals surface area contributed by atoms with E-state index in [1.54, 1.807) is 0 Å². The average molecular weight is 168 g/mol. The number of hydrogen-bond acceptors (Lipinski definition) is 2. The van der Waals surface area contributed by atoms with Gasteiger partial charge in [-0.2, -0.15) is 0 Å². The van der Waals surface area contributed by atoms with Crippen LogP contribution in [0.2, 0.25) is 0 Å². The summed E-state index contributed by atoms with van der Waals surface area (Å²) in [7, 11) is 0. The number of rotatable bonds is 0. The minimum Gasteiger partial charge on any atom is -0.393 e. The summed E-state index contributed by atoms with van der Waals surface area (Å²) < 4.78 is 0. The standard InChI is InChI=1S/C10H16O2/c1-6-4-7-5-8(11)2-3-9(7)10(6)12/h6-9,11H,2-5H2,1H3. The quantitative estimate of drug-likeness (QED) is 0.593. The van der Waals surface area contributed by atoms with Crippen LogP contribution >= 0.6 is 0 Å². The lowest BCUT2D eigenvalue weighted by Crippen LogP contribution is -2.27. The van der Waals surface area contributed by atoms with Gasteiger partial charge in [0.15, 0.2) is 0 Å². The van der Waals surface area contributed by atoms with Gasteiger partial charge in [0.05, 0.1) is 6.10 Å². The first kappa shape index (κ1) is 8.24. The first-order valence-electron chi connectivity index (χ1n) is 4.90. The Labute approximate surface area is 73.0 Å². The smallest absolute Gasteiger partial charge is 0.139 e. The summed E-state index contributed by atoms with van der Waals surface area (Å²) in [5.74, 6) is 1.50. The Hall–Kier alpha value is -0.370. The topological polar surface area (TPSA) is 37.3 Å². The fraction of sp³-hybridized carbons (Fsp3) is 0.900. The van der Waals surface area contributed by atoms with Crippen LogP contribution in [-0.4, -0.2) is 17.0 Å². The summed E-state index contributed by atoms with van der Waals surface area (Å²) in [6.45, 7) is 2.02. The zero-order chi connectivity index (χ0) is 8.72. The third-order valence-electron chi connectivity index (χ3n) is 3.46. The van der Waals surface area contributed by atoms with E-state index in [0.29, 0.717) is 17.6 Å². The minimum atomic E-state index is -0.135. The van der Waals surface area contributed by atoms with Crippen molar-refractivity contribution < 1.29 is 9.90 Å². The van der Waals surface area contributed by atoms with E-state index in [4.69, 9.17) is 0 Å². The Kier molecular flexibility index (Phi) is 1.95. The van der Waals surface area contributed by atoms with Gasteiger partial charge in [-0.05, 0) is 31.6 Å². The molecule has 2 aliphatic carbocycles. The third-order valence-corrected chi connectivity index (χ3v) is 3.46. The van der Waals surface area contributed by atoms with Crippen molar-refractivity contribution in [3.63, 3.8) is 0 Å². The number of fused-ring (bicyclic) bond motifs is 1. The molecule has 0 aliphatic heterocycles. The van der Waals surface area contributed by atoms with Crippen LogP contribution in [0.15, 0.2) is 0 Å². The second-order valence-corrected chi connectivity index (χ2v) is 4.37. The van der Waals surface area contributed by atoms with E-state index in [2.05, 4.69) is 0 Å². The summed E-state index contributed by atoms with van der Waals surface area (Å²) in [6.07, 6.45) is 3.50. The van der Waals surface area contributed by atoms with Gasteiger partial charge < -0.3 is 5.11 Å². The number of Topliss-reactive ketones (excluding diaryl/α,β-unsaturated/α-hetero) is 1. The highest BCUT2D eigenvalue weighted by molar-refractivity contribution is 5.85. The molecule has 0 radical (unpaired) electrons. The highest BCUT2D eigenvalue weighted by Crippen LogP contribution is 2.42. The van der Waals surface area contributed by atoms with Gasteiger partial charge in [-0.3, -0.25) is 4.79 Å². The van der Waals surface area contributed by atoms with Crippen molar-refractivity contribution in [3.05, 3.63) is 0 Å². The maximum Gasteiger partial charge on any atom is 0.139 e. The molecule has 0 amide bonds. The molecule has 68 valence electrons. The molecule has 2 nitrogen and oxygen atoms in total. The molecule has 0 aromatic carbocycles. The fourth-order valence-corrected chi connectivity index (χ4v) is 2.81. The molecule has 4 atom stereocenters. The Morgan fingerprint density at radius 3 is 2.83 bits per heavy atom. The summed E-state index contributed by atoms with van der Waals surface area (Å²) >= 11 is 0. The van der Waals surface area contributed by atoms with Crippen molar-refractivity contribution >= 4 is 5.78 Å². The van der Waals surface area contributed by atoms with E-state index in [-0.39, 0.29) is 12.0 Å². The molecule has 2 rings (SSSR count). The van der Waals surface area contributed by atoms with Gasteiger partial charge >= 0.3 is 0 Å². The Morgan fingerprint density at radius 2 is 2.08 bits per heavy atom. The zero-order valence-electron chi connectivity index (χ0n) is 7.49. The maximum absolute atomic E-state index is 11.6. The number of ketones is 1. The van der Waals surface area contributed by atoms with Crippen molar-refractivity contribution in [2.75, 3.05) is 0 Å². The van der Waals surface area contributed by atoms with Gasteiger partial charge in [-0.1, -0.05) is 6.92 Å². The van der Waals surface area contributed by atoms with E-state index < -0.39 is 0 Å². The number of carbonyl (C=O) groups excluding carboxylic acids is 1. The van der Waals surface area contributed by atoms with Crippen LogP contribution in [-0.2, 0) is 4.79 Å². The van der Waals surface area contributed by atoms with E-state index in [1.165, 1.54) is 0 Å². The van der Waals surface area contributed by atoms with Crippen LogP contribution in [0.4, 0.5) is 0 Å². The molecule has 2 saturated carbocycles. The molecule has 0 heterocycles. The fourth-order valence-electron chi connectivity index (χ4n) is 2.81. The van der Waals surface area contributed by atoms with Crippen molar-refractivity contribution in [2.24, 2.45) is 17.8 Å². The van der Waals surface area contributed by atoms with E-state index in [9.17, 15) is 9.90 Å². The lowest BCUT2D eigenvalue weighted by Gasteiger charge is -2.27. The first-order valence-corrected chi connectivity index (χ1v) is 4.90. The second-order valence-electron chi connectivity index (χ2n) is 4.37. The van der Waals surface area contributed by atoms with Gasteiger partial charge in [-0.25, -0.2) is 0 Å². The third kappa shape index (κ3) is 1.18. The van der Waals surface area contributed by atoms with Gasteiger partial charge in [0.1, 0.15) is 5.78 Å². The van der Waals surface area contributed by atoms with Gasteiger partial charge in [0.25, 0.3) is 0 Å². The number of aliphatic hydroxyl groups excluding tert-OH is 1. The summed E-state index contributed by atoms with van der Waals surface area (Å²) in [5, 5.41) is 9.42. The molecule has 2 heteroatoms. The predicted octanol–water partition coefficient (Wildman–Crippen LogP) is 1.37. The van der Waals surface area contributed by atoms with Crippen LogP contribution < -0.4 is 0 Å². The Morgan fingerprint density at radius 1 is 1.33 bits per heavy atom. The van der Waals surface area contributed by atoms with Crippen molar-refractivity contribution in [3.8, 4) is 0 Å². The SMILES string of the molecule is CC1CC2CC(O)CCC2C1=O. The molecular formula is C10H16O2. The van der Waals surface area contributed by atoms with Gasteiger partial charge in [-0.15, -0.1) is 0 Å². The molecule has 12 heavy (non-hydrogen) atoms. The van der Waals surface area contributed by atoms with Crippen LogP contribution in [0.5, 0.6) is 0 Å². The van der Waals surface area contributed by atoms with Crippen molar-refractivity contribution in [1.29, 1.82) is 0 Å². The molecular weight excluding hydrogens is 152 g/mol. The number of hydrogen-bond donors (Lipinski definition) is 1. The second kappa shape index (κ2) is 2.84. The number of aliphatic hydroxyl groups is 1. The van der Waals surface area contributed by atoms with Gasteiger partial charge in [0, 0.05) is 11.8 Å². The summed E-state index contributed by atoms with van der Waals surface area (Å²) in [4.78, 5) is 11.6. The van der Waals surface area contributed by atoms with Crippen molar-refractivity contribution in [2.45, 2.75) is 38.7 Å². The highest BCUT2D eigenvalue weighted by Gasteiger charge is 2.42. The van der Waals surface area contributed by atoms with Crippen LogP contribution in [0.25, 0.3) is 0 Å². The molecule has 2 aliphatic rings. The molecule has 1 N–H and O–H groups in total. The lowest BCUT2D eigenvalue weighted by molar-refractivity contribution is -0.125. The lowest BCUT2D eigenvalue weighted by atomic mass is 9.80. The maximum atomic E-state index is 11.6. The normalized spacial score (nSPS) is 47.7. The predicted molar refractivity (Wildman–Crippen MR) is 45.6 cm³/mol. The van der Waals surface area contributed by atoms with Crippen LogP contribution in [0, 0.1) is 17.8 Å². The Balaban J connectivity index is 2.09. The number of carbonyl (C=O) groups is 1. The van der Waals surface area contributed by atoms with E-state index in [0.717, 1.165) is 25.7 Å². The molecule has 0 aromatic rings. The molecule has 0 aromatic heterocycles. The monoisotopic (exact) mass is 168 g/mol. The molecule has 0 saturated heterocycles. The zero-order valence-corrected chi connectivity index (χ0v) is 7.49. The average Bonchev–Trinajstić information content (AvgIpc) is 2.28. The summed E-state index contributed by atoms with van der Waals surface area (Å²) in [6, 6.07) is 0. The van der Waals surface area contributed by atoms with E-state index in [1.807, 2.05) is 6.92 Å². The molecule has 0 bridgehead atoms. The van der Waals surface area contributed by atoms with E-state index >= 15 is 0 Å². The largest absolute Gasteiger partial charge is 0.393 e.